The highest BCUT2D eigenvalue weighted by atomic mass is 16.5. The molecule has 1 aliphatic carbocycles. The van der Waals surface area contributed by atoms with Crippen LogP contribution in [0.1, 0.15) is 99.5 Å². The van der Waals surface area contributed by atoms with Crippen molar-refractivity contribution in [1.82, 2.24) is 0 Å². The highest BCUT2D eigenvalue weighted by Gasteiger charge is 2.33. The highest BCUT2D eigenvalue weighted by Crippen LogP contribution is 2.41. The van der Waals surface area contributed by atoms with Crippen LogP contribution in [0.5, 0.6) is 5.75 Å². The molecular formula is C31H44O5. The molecule has 3 N–H and O–H groups in total. The second-order valence-corrected chi connectivity index (χ2v) is 10.7. The van der Waals surface area contributed by atoms with Gasteiger partial charge in [0.2, 0.25) is 0 Å². The Hall–Kier alpha value is -2.37. The van der Waals surface area contributed by atoms with Gasteiger partial charge < -0.3 is 20.1 Å². The zero-order valence-corrected chi connectivity index (χ0v) is 22.5. The van der Waals surface area contributed by atoms with Crippen LogP contribution in [0.3, 0.4) is 0 Å². The van der Waals surface area contributed by atoms with E-state index in [4.69, 9.17) is 9.84 Å². The van der Waals surface area contributed by atoms with Crippen molar-refractivity contribution >= 4 is 5.97 Å². The molecule has 1 atom stereocenters. The molecular weight excluding hydrogens is 452 g/mol. The Bertz CT molecular complexity index is 1020. The number of hydrogen-bond acceptors (Lipinski definition) is 4. The van der Waals surface area contributed by atoms with Crippen LogP contribution in [-0.2, 0) is 16.6 Å². The molecule has 3 rings (SSSR count). The fourth-order valence-electron chi connectivity index (χ4n) is 5.83. The van der Waals surface area contributed by atoms with Gasteiger partial charge in [-0.05, 0) is 92.7 Å². The maximum absolute atomic E-state index is 10.8. The second-order valence-electron chi connectivity index (χ2n) is 10.7. The van der Waals surface area contributed by atoms with Crippen molar-refractivity contribution in [2.24, 2.45) is 0 Å². The number of hydrogen-bond donors (Lipinski definition) is 3. The Morgan fingerprint density at radius 1 is 1.03 bits per heavy atom. The molecule has 1 saturated carbocycles. The van der Waals surface area contributed by atoms with Crippen LogP contribution in [-0.4, -0.2) is 39.6 Å². The normalized spacial score (nSPS) is 16.2. The van der Waals surface area contributed by atoms with Crippen molar-refractivity contribution in [3.05, 3.63) is 64.2 Å². The average molecular weight is 497 g/mol. The second kappa shape index (κ2) is 12.2. The number of aliphatic carboxylic acids is 1. The standard InChI is InChI=1S/C31H44O5/c1-5-31(6-2,25-10-9-24(22(3)19-25)15-18-30(35)16-7-8-17-30)26-11-13-28(23(4)20-26)36-21-27(32)12-14-29(33)34/h9-11,13,19-20,27,32,35H,5-8,12,14-18,21H2,1-4H3,(H,33,34). The molecule has 5 nitrogen and oxygen atoms in total. The summed E-state index contributed by atoms with van der Waals surface area (Å²) in [6, 6.07) is 13.1. The van der Waals surface area contributed by atoms with Crippen LogP contribution in [0.25, 0.3) is 0 Å². The number of aliphatic hydroxyl groups is 2. The van der Waals surface area contributed by atoms with Crippen molar-refractivity contribution in [3.63, 3.8) is 0 Å². The van der Waals surface area contributed by atoms with Gasteiger partial charge in [-0.15, -0.1) is 0 Å². The summed E-state index contributed by atoms with van der Waals surface area (Å²) in [6.45, 7) is 8.75. The van der Waals surface area contributed by atoms with Gasteiger partial charge in [0.15, 0.2) is 0 Å². The van der Waals surface area contributed by atoms with E-state index in [2.05, 4.69) is 51.1 Å². The van der Waals surface area contributed by atoms with E-state index in [0.29, 0.717) is 5.75 Å². The van der Waals surface area contributed by atoms with E-state index in [1.165, 1.54) is 22.3 Å². The zero-order valence-electron chi connectivity index (χ0n) is 22.5. The fourth-order valence-corrected chi connectivity index (χ4v) is 5.83. The topological polar surface area (TPSA) is 87.0 Å². The highest BCUT2D eigenvalue weighted by molar-refractivity contribution is 5.66. The van der Waals surface area contributed by atoms with E-state index in [0.717, 1.165) is 56.9 Å². The SMILES string of the molecule is CCC(CC)(c1ccc(CCC2(O)CCCC2)c(C)c1)c1ccc(OCC(O)CCC(=O)O)c(C)c1. The van der Waals surface area contributed by atoms with E-state index in [1.54, 1.807) is 0 Å². The van der Waals surface area contributed by atoms with E-state index in [1.807, 2.05) is 13.0 Å². The van der Waals surface area contributed by atoms with Gasteiger partial charge in [-0.2, -0.15) is 0 Å². The average Bonchev–Trinajstić information content (AvgIpc) is 3.29. The number of carboxylic acid groups (broad SMARTS) is 1. The fraction of sp³-hybridized carbons (Fsp3) is 0.581. The van der Waals surface area contributed by atoms with Gasteiger partial charge in [0.1, 0.15) is 12.4 Å². The minimum absolute atomic E-state index is 0.0724. The van der Waals surface area contributed by atoms with E-state index in [9.17, 15) is 15.0 Å². The molecule has 0 aliphatic heterocycles. The summed E-state index contributed by atoms with van der Waals surface area (Å²) in [5, 5.41) is 29.6. The van der Waals surface area contributed by atoms with Gasteiger partial charge >= 0.3 is 5.97 Å². The van der Waals surface area contributed by atoms with E-state index in [-0.39, 0.29) is 24.9 Å². The van der Waals surface area contributed by atoms with Gasteiger partial charge in [-0.1, -0.05) is 57.0 Å². The first-order valence-corrected chi connectivity index (χ1v) is 13.6. The molecule has 0 bridgehead atoms. The molecule has 2 aromatic carbocycles. The first-order chi connectivity index (χ1) is 17.1. The molecule has 0 amide bonds. The molecule has 0 spiro atoms. The third kappa shape index (κ3) is 6.68. The Balaban J connectivity index is 1.76. The first-order valence-electron chi connectivity index (χ1n) is 13.6. The van der Waals surface area contributed by atoms with Gasteiger partial charge in [0, 0.05) is 11.8 Å². The number of aliphatic hydroxyl groups excluding tert-OH is 1. The van der Waals surface area contributed by atoms with Crippen LogP contribution < -0.4 is 4.74 Å². The molecule has 1 aliphatic rings. The first kappa shape index (κ1) is 28.2. The molecule has 1 fully saturated rings. The largest absolute Gasteiger partial charge is 0.491 e. The van der Waals surface area contributed by atoms with Crippen LogP contribution in [0.2, 0.25) is 0 Å². The molecule has 5 heteroatoms. The Morgan fingerprint density at radius 3 is 2.19 bits per heavy atom. The number of carboxylic acids is 1. The number of ether oxygens (including phenoxy) is 1. The molecule has 0 aromatic heterocycles. The van der Waals surface area contributed by atoms with E-state index < -0.39 is 17.7 Å². The molecule has 198 valence electrons. The monoisotopic (exact) mass is 496 g/mol. The third-order valence-electron chi connectivity index (χ3n) is 8.35. The predicted molar refractivity (Wildman–Crippen MR) is 144 cm³/mol. The van der Waals surface area contributed by atoms with Crippen molar-refractivity contribution in [2.75, 3.05) is 6.61 Å². The van der Waals surface area contributed by atoms with Crippen LogP contribution in [0.4, 0.5) is 0 Å². The Labute approximate surface area is 216 Å². The summed E-state index contributed by atoms with van der Waals surface area (Å²) in [7, 11) is 0. The van der Waals surface area contributed by atoms with Crippen LogP contribution in [0.15, 0.2) is 36.4 Å². The zero-order chi connectivity index (χ0) is 26.3. The number of carbonyl (C=O) groups is 1. The molecule has 2 aromatic rings. The van der Waals surface area contributed by atoms with Gasteiger partial charge in [0.05, 0.1) is 11.7 Å². The quantitative estimate of drug-likeness (QED) is 0.305. The summed E-state index contributed by atoms with van der Waals surface area (Å²) in [6.07, 6.45) is 7.12. The van der Waals surface area contributed by atoms with Crippen molar-refractivity contribution in [2.45, 2.75) is 109 Å². The van der Waals surface area contributed by atoms with Crippen molar-refractivity contribution in [1.29, 1.82) is 0 Å². The number of rotatable bonds is 13. The smallest absolute Gasteiger partial charge is 0.303 e. The lowest BCUT2D eigenvalue weighted by Crippen LogP contribution is -2.27. The molecule has 0 heterocycles. The lowest BCUT2D eigenvalue weighted by Gasteiger charge is -2.34. The van der Waals surface area contributed by atoms with Crippen LogP contribution in [0, 0.1) is 13.8 Å². The van der Waals surface area contributed by atoms with Crippen LogP contribution >= 0.6 is 0 Å². The van der Waals surface area contributed by atoms with E-state index >= 15 is 0 Å². The maximum Gasteiger partial charge on any atom is 0.303 e. The summed E-state index contributed by atoms with van der Waals surface area (Å²) < 4.78 is 5.82. The van der Waals surface area contributed by atoms with Gasteiger partial charge in [-0.3, -0.25) is 4.79 Å². The Kier molecular flexibility index (Phi) is 9.59. The predicted octanol–water partition coefficient (Wildman–Crippen LogP) is 6.25. The molecule has 0 radical (unpaired) electrons. The summed E-state index contributed by atoms with van der Waals surface area (Å²) in [5.41, 5.74) is 5.57. The third-order valence-corrected chi connectivity index (χ3v) is 8.35. The number of aryl methyl sites for hydroxylation is 3. The number of benzene rings is 2. The lowest BCUT2D eigenvalue weighted by atomic mass is 9.69. The Morgan fingerprint density at radius 2 is 1.64 bits per heavy atom. The minimum atomic E-state index is -0.917. The van der Waals surface area contributed by atoms with Crippen molar-refractivity contribution in [3.8, 4) is 5.75 Å². The summed E-state index contributed by atoms with van der Waals surface area (Å²) in [5.74, 6) is -0.204. The van der Waals surface area contributed by atoms with Crippen molar-refractivity contribution < 1.29 is 24.9 Å². The maximum atomic E-state index is 10.8. The summed E-state index contributed by atoms with van der Waals surface area (Å²) in [4.78, 5) is 10.7. The minimum Gasteiger partial charge on any atom is -0.491 e. The molecule has 36 heavy (non-hydrogen) atoms. The summed E-state index contributed by atoms with van der Waals surface area (Å²) >= 11 is 0. The van der Waals surface area contributed by atoms with Gasteiger partial charge in [-0.25, -0.2) is 0 Å². The molecule has 0 saturated heterocycles. The lowest BCUT2D eigenvalue weighted by molar-refractivity contribution is -0.137. The molecule has 1 unspecified atom stereocenters. The van der Waals surface area contributed by atoms with Gasteiger partial charge in [0.25, 0.3) is 0 Å².